The molecular formula is C20H27FN2O3. The van der Waals surface area contributed by atoms with Crippen LogP contribution in [-0.2, 0) is 9.59 Å². The third-order valence-corrected chi connectivity index (χ3v) is 5.30. The number of carbonyl (C=O) groups excluding carboxylic acids is 2. The van der Waals surface area contributed by atoms with Gasteiger partial charge >= 0.3 is 0 Å². The lowest BCUT2D eigenvalue weighted by Gasteiger charge is -2.34. The van der Waals surface area contributed by atoms with Crippen molar-refractivity contribution in [2.75, 3.05) is 32.8 Å². The van der Waals surface area contributed by atoms with E-state index in [1.54, 1.807) is 17.0 Å². The Labute approximate surface area is 154 Å². The van der Waals surface area contributed by atoms with E-state index in [1.165, 1.54) is 25.0 Å². The van der Waals surface area contributed by atoms with Crippen molar-refractivity contribution in [3.8, 4) is 5.75 Å². The summed E-state index contributed by atoms with van der Waals surface area (Å²) < 4.78 is 18.8. The number of halogens is 1. The first-order valence-corrected chi connectivity index (χ1v) is 9.59. The molecule has 0 spiro atoms. The van der Waals surface area contributed by atoms with Gasteiger partial charge in [-0.05, 0) is 37.8 Å². The number of hydrogen-bond acceptors (Lipinski definition) is 3. The molecule has 2 fully saturated rings. The molecule has 2 saturated heterocycles. The Morgan fingerprint density at radius 3 is 2.27 bits per heavy atom. The fourth-order valence-electron chi connectivity index (χ4n) is 3.72. The largest absolute Gasteiger partial charge is 0.481 e. The highest BCUT2D eigenvalue weighted by atomic mass is 19.1. The topological polar surface area (TPSA) is 49.9 Å². The maximum atomic E-state index is 13.5. The van der Waals surface area contributed by atoms with Gasteiger partial charge in [0.2, 0.25) is 5.91 Å². The number of hydrogen-bond donors (Lipinski definition) is 0. The molecule has 3 rings (SSSR count). The van der Waals surface area contributed by atoms with Gasteiger partial charge in [-0.2, -0.15) is 0 Å². The minimum absolute atomic E-state index is 0.0182. The second kappa shape index (κ2) is 9.01. The molecule has 0 aromatic heterocycles. The summed E-state index contributed by atoms with van der Waals surface area (Å²) in [7, 11) is 0. The Balaban J connectivity index is 1.44. The highest BCUT2D eigenvalue weighted by Gasteiger charge is 2.30. The fourth-order valence-corrected chi connectivity index (χ4v) is 3.72. The Morgan fingerprint density at radius 1 is 0.962 bits per heavy atom. The summed E-state index contributed by atoms with van der Waals surface area (Å²) in [5, 5.41) is 0. The molecule has 2 heterocycles. The Kier molecular flexibility index (Phi) is 6.47. The Morgan fingerprint density at radius 2 is 1.62 bits per heavy atom. The van der Waals surface area contributed by atoms with Crippen molar-refractivity contribution in [3.63, 3.8) is 0 Å². The van der Waals surface area contributed by atoms with Gasteiger partial charge in [0.05, 0.1) is 0 Å². The Hall–Kier alpha value is -2.11. The van der Waals surface area contributed by atoms with E-state index in [1.807, 2.05) is 4.90 Å². The summed E-state index contributed by atoms with van der Waals surface area (Å²) in [4.78, 5) is 28.7. The van der Waals surface area contributed by atoms with Crippen molar-refractivity contribution >= 4 is 11.8 Å². The minimum atomic E-state index is -0.470. The van der Waals surface area contributed by atoms with Crippen molar-refractivity contribution in [1.82, 2.24) is 9.80 Å². The monoisotopic (exact) mass is 362 g/mol. The second-order valence-electron chi connectivity index (χ2n) is 7.11. The van der Waals surface area contributed by atoms with Gasteiger partial charge in [-0.25, -0.2) is 4.39 Å². The summed E-state index contributed by atoms with van der Waals surface area (Å²) >= 11 is 0. The molecule has 1 aromatic carbocycles. The first-order valence-electron chi connectivity index (χ1n) is 9.59. The van der Waals surface area contributed by atoms with E-state index in [0.717, 1.165) is 25.9 Å². The molecule has 26 heavy (non-hydrogen) atoms. The van der Waals surface area contributed by atoms with E-state index in [2.05, 4.69) is 0 Å². The third kappa shape index (κ3) is 4.74. The van der Waals surface area contributed by atoms with E-state index in [0.29, 0.717) is 25.9 Å². The van der Waals surface area contributed by atoms with Gasteiger partial charge in [-0.15, -0.1) is 0 Å². The third-order valence-electron chi connectivity index (χ3n) is 5.30. The van der Waals surface area contributed by atoms with Gasteiger partial charge in [0.15, 0.2) is 18.2 Å². The summed E-state index contributed by atoms with van der Waals surface area (Å²) in [6.07, 6.45) is 5.99. The minimum Gasteiger partial charge on any atom is -0.481 e. The van der Waals surface area contributed by atoms with Crippen LogP contribution in [0.2, 0.25) is 0 Å². The zero-order valence-electron chi connectivity index (χ0n) is 15.2. The first kappa shape index (κ1) is 18.7. The average Bonchev–Trinajstić information content (AvgIpc) is 2.96. The van der Waals surface area contributed by atoms with Crippen molar-refractivity contribution in [3.05, 3.63) is 30.1 Å². The smallest absolute Gasteiger partial charge is 0.260 e. The molecule has 5 nitrogen and oxygen atoms in total. The molecule has 1 aromatic rings. The van der Waals surface area contributed by atoms with Crippen LogP contribution in [0.3, 0.4) is 0 Å². The Bertz CT molecular complexity index is 621. The van der Waals surface area contributed by atoms with Crippen LogP contribution >= 0.6 is 0 Å². The molecule has 0 aliphatic carbocycles. The van der Waals surface area contributed by atoms with Crippen molar-refractivity contribution in [2.24, 2.45) is 5.92 Å². The lowest BCUT2D eigenvalue weighted by molar-refractivity contribution is -0.141. The number of benzene rings is 1. The average molecular weight is 362 g/mol. The molecular weight excluding hydrogens is 335 g/mol. The number of piperidine rings is 1. The zero-order valence-corrected chi connectivity index (χ0v) is 15.2. The lowest BCUT2D eigenvalue weighted by atomic mass is 9.95. The normalized spacial score (nSPS) is 19.1. The van der Waals surface area contributed by atoms with Crippen molar-refractivity contribution in [2.45, 2.75) is 38.5 Å². The number of carbonyl (C=O) groups is 2. The van der Waals surface area contributed by atoms with Gasteiger partial charge in [0, 0.05) is 32.1 Å². The predicted molar refractivity (Wildman–Crippen MR) is 96.2 cm³/mol. The molecule has 2 aliphatic rings. The molecule has 0 bridgehead atoms. The highest BCUT2D eigenvalue weighted by Crippen LogP contribution is 2.22. The quantitative estimate of drug-likeness (QED) is 0.828. The molecule has 2 amide bonds. The highest BCUT2D eigenvalue weighted by molar-refractivity contribution is 5.80. The predicted octanol–water partition coefficient (Wildman–Crippen LogP) is 2.85. The number of rotatable bonds is 4. The first-order chi connectivity index (χ1) is 12.6. The summed E-state index contributed by atoms with van der Waals surface area (Å²) in [5.41, 5.74) is 0. The van der Waals surface area contributed by atoms with Gasteiger partial charge in [-0.1, -0.05) is 25.0 Å². The van der Waals surface area contributed by atoms with Crippen LogP contribution in [-0.4, -0.2) is 54.4 Å². The van der Waals surface area contributed by atoms with Crippen LogP contribution in [0, 0.1) is 11.7 Å². The second-order valence-corrected chi connectivity index (χ2v) is 7.11. The maximum Gasteiger partial charge on any atom is 0.260 e. The number of para-hydroxylation sites is 1. The van der Waals surface area contributed by atoms with Crippen molar-refractivity contribution < 1.29 is 18.7 Å². The van der Waals surface area contributed by atoms with Crippen LogP contribution in [0.15, 0.2) is 24.3 Å². The molecule has 0 radical (unpaired) electrons. The number of nitrogens with zero attached hydrogens (tertiary/aromatic N) is 2. The van der Waals surface area contributed by atoms with Gasteiger partial charge in [0.25, 0.3) is 5.91 Å². The fraction of sp³-hybridized carbons (Fsp3) is 0.600. The zero-order chi connectivity index (χ0) is 18.4. The van der Waals surface area contributed by atoms with Crippen LogP contribution in [0.5, 0.6) is 5.75 Å². The van der Waals surface area contributed by atoms with Gasteiger partial charge < -0.3 is 14.5 Å². The van der Waals surface area contributed by atoms with E-state index >= 15 is 0 Å². The molecule has 0 saturated carbocycles. The molecule has 0 N–H and O–H groups in total. The summed E-state index contributed by atoms with van der Waals surface area (Å²) in [6, 6.07) is 6.06. The number of amides is 2. The molecule has 0 atom stereocenters. The van der Waals surface area contributed by atoms with Crippen LogP contribution in [0.1, 0.15) is 38.5 Å². The van der Waals surface area contributed by atoms with Gasteiger partial charge in [-0.3, -0.25) is 9.59 Å². The van der Waals surface area contributed by atoms with E-state index in [9.17, 15) is 14.0 Å². The standard InChI is InChI=1S/C20H27FN2O3/c21-17-7-3-4-8-18(17)26-15-19(24)22-13-9-16(10-14-22)20(25)23-11-5-1-2-6-12-23/h3-4,7-8,16H,1-2,5-6,9-15H2. The number of ether oxygens (including phenoxy) is 1. The van der Waals surface area contributed by atoms with Crippen LogP contribution < -0.4 is 4.74 Å². The van der Waals surface area contributed by atoms with Crippen molar-refractivity contribution in [1.29, 1.82) is 0 Å². The SMILES string of the molecule is O=C(COc1ccccc1F)N1CCC(C(=O)N2CCCCCC2)CC1. The van der Waals surface area contributed by atoms with E-state index in [-0.39, 0.29) is 30.1 Å². The summed E-state index contributed by atoms with van der Waals surface area (Å²) in [5.74, 6) is -0.269. The van der Waals surface area contributed by atoms with Crippen LogP contribution in [0.4, 0.5) is 4.39 Å². The lowest BCUT2D eigenvalue weighted by Crippen LogP contribution is -2.45. The molecule has 142 valence electrons. The van der Waals surface area contributed by atoms with Gasteiger partial charge in [0.1, 0.15) is 0 Å². The molecule has 0 unspecified atom stereocenters. The molecule has 6 heteroatoms. The summed E-state index contributed by atoms with van der Waals surface area (Å²) in [6.45, 7) is 2.68. The van der Waals surface area contributed by atoms with E-state index in [4.69, 9.17) is 4.74 Å². The molecule has 2 aliphatic heterocycles. The van der Waals surface area contributed by atoms with Crippen LogP contribution in [0.25, 0.3) is 0 Å². The van der Waals surface area contributed by atoms with E-state index < -0.39 is 5.82 Å². The maximum absolute atomic E-state index is 13.5. The number of likely N-dealkylation sites (tertiary alicyclic amines) is 2.